The van der Waals surface area contributed by atoms with Crippen molar-refractivity contribution in [2.24, 2.45) is 5.92 Å². The number of carbonyl (C=O) groups excluding carboxylic acids is 1. The molecule has 1 aliphatic heterocycles. The van der Waals surface area contributed by atoms with Crippen molar-refractivity contribution in [3.05, 3.63) is 35.7 Å². The van der Waals surface area contributed by atoms with E-state index in [-0.39, 0.29) is 11.9 Å². The number of amides is 1. The van der Waals surface area contributed by atoms with Crippen molar-refractivity contribution in [3.8, 4) is 0 Å². The van der Waals surface area contributed by atoms with Crippen LogP contribution in [0, 0.1) is 5.92 Å². The number of rotatable bonds is 8. The summed E-state index contributed by atoms with van der Waals surface area (Å²) < 4.78 is 7.89. The van der Waals surface area contributed by atoms with Gasteiger partial charge in [0.15, 0.2) is 0 Å². The quantitative estimate of drug-likeness (QED) is 0.701. The van der Waals surface area contributed by atoms with Gasteiger partial charge in [0.2, 0.25) is 5.91 Å². The molecular formula is C19H26N6O2. The zero-order valence-corrected chi connectivity index (χ0v) is 15.8. The zero-order valence-electron chi connectivity index (χ0n) is 15.8. The van der Waals surface area contributed by atoms with Crippen LogP contribution in [0.4, 0.5) is 0 Å². The summed E-state index contributed by atoms with van der Waals surface area (Å²) in [5, 5.41) is 8.66. The topological polar surface area (TPSA) is 86.0 Å². The Labute approximate surface area is 158 Å². The van der Waals surface area contributed by atoms with Crippen LogP contribution in [0.25, 0.3) is 0 Å². The van der Waals surface area contributed by atoms with Crippen LogP contribution in [0.3, 0.4) is 0 Å². The van der Waals surface area contributed by atoms with Crippen LogP contribution in [0.5, 0.6) is 0 Å². The molecule has 144 valence electrons. The van der Waals surface area contributed by atoms with Crippen LogP contribution < -0.4 is 0 Å². The van der Waals surface area contributed by atoms with Crippen LogP contribution in [-0.2, 0) is 28.9 Å². The Kier molecular flexibility index (Phi) is 5.42. The smallest absolute Gasteiger partial charge is 0.223 e. The van der Waals surface area contributed by atoms with Crippen LogP contribution in [0.1, 0.15) is 49.2 Å². The Morgan fingerprint density at radius 2 is 2.07 bits per heavy atom. The molecule has 0 bridgehead atoms. The molecule has 0 aromatic carbocycles. The first kappa shape index (κ1) is 18.0. The molecule has 8 nitrogen and oxygen atoms in total. The van der Waals surface area contributed by atoms with Crippen molar-refractivity contribution < 1.29 is 9.53 Å². The van der Waals surface area contributed by atoms with E-state index in [4.69, 9.17) is 4.74 Å². The summed E-state index contributed by atoms with van der Waals surface area (Å²) in [7, 11) is 0. The Balaban J connectivity index is 1.45. The maximum atomic E-state index is 13.0. The van der Waals surface area contributed by atoms with Crippen molar-refractivity contribution >= 4 is 5.91 Å². The number of hydrogen-bond acceptors (Lipinski definition) is 6. The maximum absolute atomic E-state index is 13.0. The molecule has 0 N–H and O–H groups in total. The average molecular weight is 370 g/mol. The van der Waals surface area contributed by atoms with Crippen LogP contribution in [0.2, 0.25) is 0 Å². The fourth-order valence-electron chi connectivity index (χ4n) is 3.60. The first-order chi connectivity index (χ1) is 13.3. The molecule has 4 rings (SSSR count). The first-order valence-electron chi connectivity index (χ1n) is 9.79. The molecule has 0 saturated heterocycles. The van der Waals surface area contributed by atoms with Crippen molar-refractivity contribution in [1.82, 2.24) is 29.9 Å². The van der Waals surface area contributed by atoms with Gasteiger partial charge < -0.3 is 9.64 Å². The van der Waals surface area contributed by atoms with Gasteiger partial charge in [-0.05, 0) is 37.7 Å². The van der Waals surface area contributed by atoms with E-state index in [2.05, 4.69) is 27.2 Å². The van der Waals surface area contributed by atoms with Gasteiger partial charge in [-0.15, -0.1) is 5.10 Å². The molecule has 8 heteroatoms. The van der Waals surface area contributed by atoms with Gasteiger partial charge in [-0.25, -0.2) is 14.6 Å². The van der Waals surface area contributed by atoms with Crippen LogP contribution in [0.15, 0.2) is 18.7 Å². The number of ether oxygens (including phenoxy) is 1. The Hall–Kier alpha value is -2.35. The minimum absolute atomic E-state index is 0.121. The van der Waals surface area contributed by atoms with Gasteiger partial charge in [-0.1, -0.05) is 5.21 Å². The van der Waals surface area contributed by atoms with E-state index in [0.29, 0.717) is 31.9 Å². The van der Waals surface area contributed by atoms with Crippen LogP contribution in [-0.4, -0.2) is 55.5 Å². The summed E-state index contributed by atoms with van der Waals surface area (Å²) >= 11 is 0. The molecule has 1 saturated carbocycles. The molecule has 3 heterocycles. The third-order valence-corrected chi connectivity index (χ3v) is 5.34. The van der Waals surface area contributed by atoms with Gasteiger partial charge in [0, 0.05) is 44.9 Å². The molecule has 0 spiro atoms. The number of fused-ring (bicyclic) bond motifs is 1. The lowest BCUT2D eigenvalue weighted by molar-refractivity contribution is -0.135. The standard InChI is InChI=1S/C19H26N6O2/c1-2-25-16-7-8-24(18(26)6-5-15-9-20-13-21-10-15)17(19(16)22-23-25)12-27-11-14-3-4-14/h9-10,13-14,17H,2-8,11-12H2,1H3. The van der Waals surface area contributed by atoms with E-state index in [1.807, 2.05) is 9.58 Å². The molecule has 1 amide bonds. The Bertz CT molecular complexity index is 774. The lowest BCUT2D eigenvalue weighted by Crippen LogP contribution is -2.42. The highest BCUT2D eigenvalue weighted by Crippen LogP contribution is 2.32. The summed E-state index contributed by atoms with van der Waals surface area (Å²) in [6, 6.07) is -0.146. The van der Waals surface area contributed by atoms with E-state index in [9.17, 15) is 4.79 Å². The van der Waals surface area contributed by atoms with E-state index < -0.39 is 0 Å². The largest absolute Gasteiger partial charge is 0.379 e. The summed E-state index contributed by atoms with van der Waals surface area (Å²) in [6.07, 6.45) is 9.39. The molecule has 2 aromatic rings. The summed E-state index contributed by atoms with van der Waals surface area (Å²) in [5.74, 6) is 0.817. The second-order valence-corrected chi connectivity index (χ2v) is 7.32. The predicted octanol–water partition coefficient (Wildman–Crippen LogP) is 1.57. The van der Waals surface area contributed by atoms with Gasteiger partial charge in [0.1, 0.15) is 18.1 Å². The van der Waals surface area contributed by atoms with E-state index in [1.54, 1.807) is 12.4 Å². The predicted molar refractivity (Wildman–Crippen MR) is 97.8 cm³/mol. The number of nitrogens with zero attached hydrogens (tertiary/aromatic N) is 6. The number of aromatic nitrogens is 5. The molecule has 27 heavy (non-hydrogen) atoms. The monoisotopic (exact) mass is 370 g/mol. The highest BCUT2D eigenvalue weighted by molar-refractivity contribution is 5.77. The zero-order chi connectivity index (χ0) is 18.6. The van der Waals surface area contributed by atoms with E-state index in [1.165, 1.54) is 19.2 Å². The van der Waals surface area contributed by atoms with Crippen molar-refractivity contribution in [3.63, 3.8) is 0 Å². The van der Waals surface area contributed by atoms with Gasteiger partial charge in [-0.2, -0.15) is 0 Å². The normalized spacial score (nSPS) is 19.1. The fraction of sp³-hybridized carbons (Fsp3) is 0.632. The second-order valence-electron chi connectivity index (χ2n) is 7.32. The SMILES string of the molecule is CCn1nnc2c1CCN(C(=O)CCc1cncnc1)C2COCC1CC1. The minimum Gasteiger partial charge on any atom is -0.379 e. The highest BCUT2D eigenvalue weighted by atomic mass is 16.5. The lowest BCUT2D eigenvalue weighted by Gasteiger charge is -2.35. The van der Waals surface area contributed by atoms with Gasteiger partial charge in [0.05, 0.1) is 12.3 Å². The maximum Gasteiger partial charge on any atom is 0.223 e. The summed E-state index contributed by atoms with van der Waals surface area (Å²) in [4.78, 5) is 22.9. The van der Waals surface area contributed by atoms with Crippen molar-refractivity contribution in [1.29, 1.82) is 0 Å². The van der Waals surface area contributed by atoms with Crippen molar-refractivity contribution in [2.75, 3.05) is 19.8 Å². The first-order valence-corrected chi connectivity index (χ1v) is 9.79. The molecule has 0 radical (unpaired) electrons. The second kappa shape index (κ2) is 8.12. The minimum atomic E-state index is -0.146. The third-order valence-electron chi connectivity index (χ3n) is 5.34. The Morgan fingerprint density at radius 3 is 2.81 bits per heavy atom. The molecular weight excluding hydrogens is 344 g/mol. The van der Waals surface area contributed by atoms with Gasteiger partial charge in [-0.3, -0.25) is 4.79 Å². The van der Waals surface area contributed by atoms with E-state index >= 15 is 0 Å². The van der Waals surface area contributed by atoms with Gasteiger partial charge in [0.25, 0.3) is 0 Å². The number of hydrogen-bond donors (Lipinski definition) is 0. The van der Waals surface area contributed by atoms with Crippen LogP contribution >= 0.6 is 0 Å². The molecule has 1 aliphatic carbocycles. The number of aryl methyl sites for hydroxylation is 2. The molecule has 1 unspecified atom stereocenters. The van der Waals surface area contributed by atoms with Crippen molar-refractivity contribution in [2.45, 2.75) is 51.6 Å². The summed E-state index contributed by atoms with van der Waals surface area (Å²) in [5.41, 5.74) is 3.01. The molecule has 1 atom stereocenters. The number of carbonyl (C=O) groups is 1. The third kappa shape index (κ3) is 4.16. The average Bonchev–Trinajstić information content (AvgIpc) is 3.43. The lowest BCUT2D eigenvalue weighted by atomic mass is 10.0. The molecule has 1 fully saturated rings. The molecule has 2 aliphatic rings. The highest BCUT2D eigenvalue weighted by Gasteiger charge is 2.35. The molecule has 2 aromatic heterocycles. The van der Waals surface area contributed by atoms with E-state index in [0.717, 1.165) is 36.5 Å². The Morgan fingerprint density at radius 1 is 1.26 bits per heavy atom. The van der Waals surface area contributed by atoms with Gasteiger partial charge >= 0.3 is 0 Å². The fourth-order valence-corrected chi connectivity index (χ4v) is 3.60. The summed E-state index contributed by atoms with van der Waals surface area (Å²) in [6.45, 7) is 4.80.